The number of aryl methyl sites for hydroxylation is 1. The van der Waals surface area contributed by atoms with E-state index in [4.69, 9.17) is 4.98 Å². The van der Waals surface area contributed by atoms with Crippen molar-refractivity contribution in [1.82, 2.24) is 29.4 Å². The third-order valence-corrected chi connectivity index (χ3v) is 5.00. The Morgan fingerprint density at radius 3 is 2.85 bits per heavy atom. The monoisotopic (exact) mass is 348 g/mol. The first kappa shape index (κ1) is 16.8. The van der Waals surface area contributed by atoms with Gasteiger partial charge >= 0.3 is 0 Å². The molecule has 1 atom stereocenters. The van der Waals surface area contributed by atoms with E-state index in [0.717, 1.165) is 49.8 Å². The summed E-state index contributed by atoms with van der Waals surface area (Å²) in [5, 5.41) is 0. The van der Waals surface area contributed by atoms with E-state index < -0.39 is 0 Å². The number of rotatable bonds is 5. The van der Waals surface area contributed by atoms with Crippen LogP contribution in [0.25, 0.3) is 5.82 Å². The van der Waals surface area contributed by atoms with Crippen LogP contribution >= 0.6 is 0 Å². The molecule has 0 spiro atoms. The van der Waals surface area contributed by atoms with Gasteiger partial charge in [-0.25, -0.2) is 9.97 Å². The Morgan fingerprint density at radius 1 is 1.12 bits per heavy atom. The van der Waals surface area contributed by atoms with E-state index in [1.165, 1.54) is 12.0 Å². The van der Waals surface area contributed by atoms with Gasteiger partial charge in [-0.15, -0.1) is 0 Å². The standard InChI is InChI=1S/C20H24N6/c1-2-19-23-9-11-26(19)20-13-22-12-18(24-20)17-4-3-10-25(15-17)14-16-5-7-21-8-6-16/h5-9,11-13,17H,2-4,10,14-15H2,1H3/t17-/m1/s1. The smallest absolute Gasteiger partial charge is 0.156 e. The van der Waals surface area contributed by atoms with E-state index in [1.807, 2.05) is 41.7 Å². The summed E-state index contributed by atoms with van der Waals surface area (Å²) in [7, 11) is 0. The number of pyridine rings is 1. The summed E-state index contributed by atoms with van der Waals surface area (Å²) in [4.78, 5) is 20.4. The van der Waals surface area contributed by atoms with Crippen LogP contribution in [0.1, 0.15) is 42.8 Å². The van der Waals surface area contributed by atoms with E-state index in [9.17, 15) is 0 Å². The maximum Gasteiger partial charge on any atom is 0.156 e. The predicted molar refractivity (Wildman–Crippen MR) is 100 cm³/mol. The van der Waals surface area contributed by atoms with Crippen molar-refractivity contribution in [3.63, 3.8) is 0 Å². The molecule has 4 heterocycles. The van der Waals surface area contributed by atoms with Gasteiger partial charge in [-0.05, 0) is 37.1 Å². The molecular weight excluding hydrogens is 324 g/mol. The fraction of sp³-hybridized carbons (Fsp3) is 0.400. The lowest BCUT2D eigenvalue weighted by atomic mass is 9.94. The molecule has 0 aromatic carbocycles. The SMILES string of the molecule is CCc1nccn1-c1cncc([C@@H]2CCCN(Cc3ccncc3)C2)n1. The van der Waals surface area contributed by atoms with Crippen LogP contribution in [0.4, 0.5) is 0 Å². The molecule has 0 N–H and O–H groups in total. The van der Waals surface area contributed by atoms with Crippen molar-refractivity contribution in [3.8, 4) is 5.82 Å². The Bertz CT molecular complexity index is 844. The minimum absolute atomic E-state index is 0.423. The number of hydrogen-bond acceptors (Lipinski definition) is 5. The van der Waals surface area contributed by atoms with Gasteiger partial charge < -0.3 is 0 Å². The van der Waals surface area contributed by atoms with Crippen LogP contribution in [0.3, 0.4) is 0 Å². The second kappa shape index (κ2) is 7.74. The third-order valence-electron chi connectivity index (χ3n) is 5.00. The fourth-order valence-electron chi connectivity index (χ4n) is 3.67. The lowest BCUT2D eigenvalue weighted by Crippen LogP contribution is -2.34. The zero-order valence-electron chi connectivity index (χ0n) is 15.1. The summed E-state index contributed by atoms with van der Waals surface area (Å²) in [6.07, 6.45) is 14.5. The van der Waals surface area contributed by atoms with Gasteiger partial charge in [0.05, 0.1) is 11.9 Å². The third kappa shape index (κ3) is 3.65. The summed E-state index contributed by atoms with van der Waals surface area (Å²) in [5.41, 5.74) is 2.39. The van der Waals surface area contributed by atoms with Gasteiger partial charge in [0, 0.05) is 56.4 Å². The van der Waals surface area contributed by atoms with Gasteiger partial charge in [-0.3, -0.25) is 19.4 Å². The van der Waals surface area contributed by atoms with Crippen LogP contribution in [0.2, 0.25) is 0 Å². The van der Waals surface area contributed by atoms with Crippen LogP contribution in [0, 0.1) is 0 Å². The largest absolute Gasteiger partial charge is 0.298 e. The second-order valence-corrected chi connectivity index (χ2v) is 6.80. The van der Waals surface area contributed by atoms with Crippen LogP contribution < -0.4 is 0 Å². The minimum atomic E-state index is 0.423. The molecule has 3 aromatic rings. The zero-order valence-corrected chi connectivity index (χ0v) is 15.1. The maximum atomic E-state index is 4.91. The Balaban J connectivity index is 1.51. The highest BCUT2D eigenvalue weighted by atomic mass is 15.1. The summed E-state index contributed by atoms with van der Waals surface area (Å²) < 4.78 is 2.04. The number of aromatic nitrogens is 5. The molecule has 6 heteroatoms. The predicted octanol–water partition coefficient (Wildman–Crippen LogP) is 3.00. The summed E-state index contributed by atoms with van der Waals surface area (Å²) in [5.74, 6) is 2.30. The van der Waals surface area contributed by atoms with Gasteiger partial charge in [-0.1, -0.05) is 6.92 Å². The normalized spacial score (nSPS) is 18.1. The van der Waals surface area contributed by atoms with Crippen LogP contribution in [-0.2, 0) is 13.0 Å². The number of nitrogens with zero attached hydrogens (tertiary/aromatic N) is 6. The van der Waals surface area contributed by atoms with E-state index >= 15 is 0 Å². The van der Waals surface area contributed by atoms with Gasteiger partial charge in [0.15, 0.2) is 5.82 Å². The van der Waals surface area contributed by atoms with Crippen molar-refractivity contribution >= 4 is 0 Å². The highest BCUT2D eigenvalue weighted by molar-refractivity contribution is 5.24. The van der Waals surface area contributed by atoms with Crippen molar-refractivity contribution in [2.24, 2.45) is 0 Å². The molecule has 26 heavy (non-hydrogen) atoms. The topological polar surface area (TPSA) is 59.7 Å². The summed E-state index contributed by atoms with van der Waals surface area (Å²) in [6, 6.07) is 4.19. The van der Waals surface area contributed by atoms with E-state index in [0.29, 0.717) is 5.92 Å². The molecule has 1 aliphatic rings. The first-order valence-corrected chi connectivity index (χ1v) is 9.29. The molecule has 1 saturated heterocycles. The highest BCUT2D eigenvalue weighted by Crippen LogP contribution is 2.26. The highest BCUT2D eigenvalue weighted by Gasteiger charge is 2.23. The van der Waals surface area contributed by atoms with Gasteiger partial charge in [0.2, 0.25) is 0 Å². The molecule has 1 aliphatic heterocycles. The molecular formula is C20H24N6. The quantitative estimate of drug-likeness (QED) is 0.709. The van der Waals surface area contributed by atoms with Crippen molar-refractivity contribution in [2.75, 3.05) is 13.1 Å². The second-order valence-electron chi connectivity index (χ2n) is 6.80. The average molecular weight is 348 g/mol. The van der Waals surface area contributed by atoms with Crippen molar-refractivity contribution < 1.29 is 0 Å². The molecule has 0 bridgehead atoms. The Hall–Kier alpha value is -2.60. The van der Waals surface area contributed by atoms with Gasteiger partial charge in [0.25, 0.3) is 0 Å². The van der Waals surface area contributed by atoms with Crippen molar-refractivity contribution in [2.45, 2.75) is 38.6 Å². The molecule has 3 aromatic heterocycles. The first-order chi connectivity index (χ1) is 12.8. The van der Waals surface area contributed by atoms with E-state index in [-0.39, 0.29) is 0 Å². The number of likely N-dealkylation sites (tertiary alicyclic amines) is 1. The van der Waals surface area contributed by atoms with Gasteiger partial charge in [0.1, 0.15) is 5.82 Å². The fourth-order valence-corrected chi connectivity index (χ4v) is 3.67. The Morgan fingerprint density at radius 2 is 2.00 bits per heavy atom. The molecule has 6 nitrogen and oxygen atoms in total. The molecule has 0 amide bonds. The molecule has 4 rings (SSSR count). The summed E-state index contributed by atoms with van der Waals surface area (Å²) >= 11 is 0. The molecule has 134 valence electrons. The Kier molecular flexibility index (Phi) is 5.02. The van der Waals surface area contributed by atoms with Crippen LogP contribution in [0.15, 0.2) is 49.3 Å². The Labute approximate surface area is 154 Å². The van der Waals surface area contributed by atoms with E-state index in [2.05, 4.69) is 38.9 Å². The lowest BCUT2D eigenvalue weighted by molar-refractivity contribution is 0.198. The molecule has 0 saturated carbocycles. The number of hydrogen-bond donors (Lipinski definition) is 0. The number of imidazole rings is 1. The first-order valence-electron chi connectivity index (χ1n) is 9.29. The molecule has 0 radical (unpaired) electrons. The van der Waals surface area contributed by atoms with E-state index in [1.54, 1.807) is 0 Å². The summed E-state index contributed by atoms with van der Waals surface area (Å²) in [6.45, 7) is 5.22. The molecule has 0 aliphatic carbocycles. The van der Waals surface area contributed by atoms with Crippen molar-refractivity contribution in [3.05, 3.63) is 66.4 Å². The molecule has 0 unspecified atom stereocenters. The van der Waals surface area contributed by atoms with Gasteiger partial charge in [-0.2, -0.15) is 0 Å². The number of piperidine rings is 1. The maximum absolute atomic E-state index is 4.91. The average Bonchev–Trinajstić information content (AvgIpc) is 3.18. The van der Waals surface area contributed by atoms with Crippen molar-refractivity contribution in [1.29, 1.82) is 0 Å². The van der Waals surface area contributed by atoms with Crippen LogP contribution in [0.5, 0.6) is 0 Å². The molecule has 1 fully saturated rings. The zero-order chi connectivity index (χ0) is 17.8. The minimum Gasteiger partial charge on any atom is -0.298 e. The van der Waals surface area contributed by atoms with Crippen LogP contribution in [-0.4, -0.2) is 42.5 Å². The lowest BCUT2D eigenvalue weighted by Gasteiger charge is -2.32.